The minimum Gasteiger partial charge on any atom is -0.317 e. The van der Waals surface area contributed by atoms with Crippen LogP contribution in [-0.4, -0.2) is 30.7 Å². The van der Waals surface area contributed by atoms with Gasteiger partial charge in [-0.05, 0) is 25.7 Å². The highest BCUT2D eigenvalue weighted by Crippen LogP contribution is 2.33. The van der Waals surface area contributed by atoms with Crippen molar-refractivity contribution in [3.63, 3.8) is 0 Å². The third kappa shape index (κ3) is 3.67. The molecule has 1 aliphatic rings. The zero-order valence-corrected chi connectivity index (χ0v) is 14.0. The number of aromatic nitrogens is 5. The normalized spacial score (nSPS) is 15.7. The zero-order valence-electron chi connectivity index (χ0n) is 14.0. The Hall–Kier alpha value is -2.39. The lowest BCUT2D eigenvalue weighted by molar-refractivity contribution is -0.140. The summed E-state index contributed by atoms with van der Waals surface area (Å²) in [4.78, 5) is 12.3. The van der Waals surface area contributed by atoms with Gasteiger partial charge in [-0.1, -0.05) is 18.1 Å². The molecule has 1 aliphatic carbocycles. The average Bonchev–Trinajstić information content (AvgIpc) is 3.21. The van der Waals surface area contributed by atoms with Gasteiger partial charge in [0.15, 0.2) is 11.4 Å². The Morgan fingerprint density at radius 3 is 2.68 bits per heavy atom. The van der Waals surface area contributed by atoms with E-state index >= 15 is 0 Å². The Kier molecular flexibility index (Phi) is 4.53. The molecular weight excluding hydrogens is 337 g/mol. The number of carbonyl (C=O) groups excluding carboxylic acids is 1. The number of alkyl halides is 3. The minimum absolute atomic E-state index is 0.0231. The van der Waals surface area contributed by atoms with Gasteiger partial charge in [0, 0.05) is 19.8 Å². The van der Waals surface area contributed by atoms with E-state index in [0.29, 0.717) is 18.2 Å². The molecule has 1 N–H and O–H groups in total. The van der Waals surface area contributed by atoms with E-state index in [0.717, 1.165) is 23.7 Å². The van der Waals surface area contributed by atoms with Gasteiger partial charge < -0.3 is 5.32 Å². The van der Waals surface area contributed by atoms with Crippen LogP contribution in [-0.2, 0) is 19.8 Å². The summed E-state index contributed by atoms with van der Waals surface area (Å²) in [6.45, 7) is 2.37. The third-order valence-electron chi connectivity index (χ3n) is 4.45. The van der Waals surface area contributed by atoms with Crippen molar-refractivity contribution in [2.45, 2.75) is 45.3 Å². The number of halogens is 3. The summed E-state index contributed by atoms with van der Waals surface area (Å²) in [6.07, 6.45) is 1.06. The maximum atomic E-state index is 13.0. The minimum atomic E-state index is -4.65. The van der Waals surface area contributed by atoms with Gasteiger partial charge in [0.25, 0.3) is 5.91 Å². The number of carbonyl (C=O) groups is 1. The Morgan fingerprint density at radius 2 is 2.04 bits per heavy atom. The molecule has 0 radical (unpaired) electrons. The van der Waals surface area contributed by atoms with E-state index < -0.39 is 23.5 Å². The topological polar surface area (TPSA) is 77.6 Å². The van der Waals surface area contributed by atoms with Crippen LogP contribution in [0.3, 0.4) is 0 Å². The van der Waals surface area contributed by atoms with Crippen molar-refractivity contribution in [2.75, 3.05) is 5.32 Å². The third-order valence-corrected chi connectivity index (χ3v) is 4.45. The van der Waals surface area contributed by atoms with E-state index in [9.17, 15) is 18.0 Å². The second-order valence-electron chi connectivity index (χ2n) is 6.37. The fraction of sp³-hybridized carbons (Fsp3) is 0.600. The first-order valence-electron chi connectivity index (χ1n) is 8.08. The molecule has 7 nitrogen and oxygen atoms in total. The number of hydrogen-bond donors (Lipinski definition) is 1. The summed E-state index contributed by atoms with van der Waals surface area (Å²) >= 11 is 0. The van der Waals surface area contributed by atoms with Crippen LogP contribution < -0.4 is 5.32 Å². The largest absolute Gasteiger partial charge is 0.437 e. The molecule has 0 saturated heterocycles. The van der Waals surface area contributed by atoms with E-state index in [1.54, 1.807) is 11.6 Å². The van der Waals surface area contributed by atoms with E-state index in [2.05, 4.69) is 20.7 Å². The lowest BCUT2D eigenvalue weighted by atomic mass is 10.1. The quantitative estimate of drug-likeness (QED) is 0.914. The van der Waals surface area contributed by atoms with E-state index in [4.69, 9.17) is 0 Å². The van der Waals surface area contributed by atoms with Gasteiger partial charge in [-0.2, -0.15) is 18.3 Å². The Bertz CT molecular complexity index is 773. The number of aryl methyl sites for hydroxylation is 1. The van der Waals surface area contributed by atoms with E-state index in [1.165, 1.54) is 19.9 Å². The maximum absolute atomic E-state index is 13.0. The van der Waals surface area contributed by atoms with Crippen molar-refractivity contribution >= 4 is 11.6 Å². The molecule has 136 valence electrons. The van der Waals surface area contributed by atoms with Gasteiger partial charge in [0.05, 0.1) is 11.4 Å². The molecule has 2 heterocycles. The fourth-order valence-electron chi connectivity index (χ4n) is 3.15. The molecule has 0 aromatic carbocycles. The summed E-state index contributed by atoms with van der Waals surface area (Å²) in [6, 6.07) is 0. The number of nitrogens with one attached hydrogen (secondary N) is 1. The van der Waals surface area contributed by atoms with E-state index in [1.807, 2.05) is 0 Å². The highest BCUT2D eigenvalue weighted by Gasteiger charge is 2.38. The molecule has 0 aliphatic heterocycles. The number of amides is 1. The Labute approximate surface area is 142 Å². The smallest absolute Gasteiger partial charge is 0.317 e. The molecule has 0 unspecified atom stereocenters. The maximum Gasteiger partial charge on any atom is 0.437 e. The lowest BCUT2D eigenvalue weighted by Crippen LogP contribution is -2.18. The van der Waals surface area contributed by atoms with Crippen LogP contribution in [0, 0.1) is 12.8 Å². The molecule has 1 saturated carbocycles. The number of nitrogens with zero attached hydrogens (tertiary/aromatic N) is 5. The summed E-state index contributed by atoms with van der Waals surface area (Å²) in [5, 5.41) is 13.4. The summed E-state index contributed by atoms with van der Waals surface area (Å²) in [5.41, 5.74) is -0.971. The predicted octanol–water partition coefficient (Wildman–Crippen LogP) is 2.78. The summed E-state index contributed by atoms with van der Waals surface area (Å²) < 4.78 is 41.6. The molecule has 2 aromatic rings. The van der Waals surface area contributed by atoms with Gasteiger partial charge in [-0.3, -0.25) is 9.48 Å². The molecule has 10 heteroatoms. The molecule has 1 amide bonds. The van der Waals surface area contributed by atoms with Crippen LogP contribution in [0.1, 0.15) is 47.6 Å². The Morgan fingerprint density at radius 1 is 1.36 bits per heavy atom. The van der Waals surface area contributed by atoms with Crippen molar-refractivity contribution in [3.8, 4) is 0 Å². The number of hydrogen-bond acceptors (Lipinski definition) is 4. The van der Waals surface area contributed by atoms with Crippen LogP contribution >= 0.6 is 0 Å². The van der Waals surface area contributed by atoms with Crippen molar-refractivity contribution < 1.29 is 18.0 Å². The second-order valence-corrected chi connectivity index (χ2v) is 6.37. The van der Waals surface area contributed by atoms with Gasteiger partial charge in [0.2, 0.25) is 0 Å². The highest BCUT2D eigenvalue weighted by molar-refractivity contribution is 6.03. The van der Waals surface area contributed by atoms with Gasteiger partial charge in [-0.25, -0.2) is 4.68 Å². The monoisotopic (exact) mass is 356 g/mol. The van der Waals surface area contributed by atoms with Crippen molar-refractivity contribution in [2.24, 2.45) is 13.0 Å². The number of rotatable bonds is 4. The highest BCUT2D eigenvalue weighted by atomic mass is 19.4. The SMILES string of the molecule is Cc1c(C(=O)Nc2cn(C)nc2C(F)(F)F)nnn1CC1CCCC1. The Balaban J connectivity index is 1.77. The first-order valence-corrected chi connectivity index (χ1v) is 8.08. The molecule has 1 fully saturated rings. The van der Waals surface area contributed by atoms with Crippen molar-refractivity contribution in [3.05, 3.63) is 23.3 Å². The van der Waals surface area contributed by atoms with Gasteiger partial charge in [0.1, 0.15) is 0 Å². The molecular formula is C15H19F3N6O. The zero-order chi connectivity index (χ0) is 18.2. The van der Waals surface area contributed by atoms with Crippen LogP contribution in [0.2, 0.25) is 0 Å². The lowest BCUT2D eigenvalue weighted by Gasteiger charge is -2.10. The summed E-state index contributed by atoms with van der Waals surface area (Å²) in [5.74, 6) is -0.222. The van der Waals surface area contributed by atoms with Gasteiger partial charge >= 0.3 is 6.18 Å². The van der Waals surface area contributed by atoms with Crippen LogP contribution in [0.5, 0.6) is 0 Å². The second kappa shape index (κ2) is 6.49. The number of anilines is 1. The van der Waals surface area contributed by atoms with Crippen molar-refractivity contribution in [1.29, 1.82) is 0 Å². The molecule has 25 heavy (non-hydrogen) atoms. The average molecular weight is 356 g/mol. The molecule has 0 spiro atoms. The first-order chi connectivity index (χ1) is 11.8. The predicted molar refractivity (Wildman–Crippen MR) is 82.9 cm³/mol. The standard InChI is InChI=1S/C15H19F3N6O/c1-9-12(20-22-24(9)7-10-5-3-4-6-10)14(25)19-11-8-23(2)21-13(11)15(16,17)18/h8,10H,3-7H2,1-2H3,(H,19,25). The first kappa shape index (κ1) is 17.4. The summed E-state index contributed by atoms with van der Waals surface area (Å²) in [7, 11) is 1.36. The fourth-order valence-corrected chi connectivity index (χ4v) is 3.15. The molecule has 2 aromatic heterocycles. The van der Waals surface area contributed by atoms with Crippen molar-refractivity contribution in [1.82, 2.24) is 24.8 Å². The van der Waals surface area contributed by atoms with Gasteiger partial charge in [-0.15, -0.1) is 5.10 Å². The molecule has 0 bridgehead atoms. The van der Waals surface area contributed by atoms with Crippen LogP contribution in [0.4, 0.5) is 18.9 Å². The van der Waals surface area contributed by atoms with Crippen LogP contribution in [0.15, 0.2) is 6.20 Å². The van der Waals surface area contributed by atoms with Crippen LogP contribution in [0.25, 0.3) is 0 Å². The molecule has 3 rings (SSSR count). The van der Waals surface area contributed by atoms with E-state index in [-0.39, 0.29) is 5.69 Å². The molecule has 0 atom stereocenters.